The highest BCUT2D eigenvalue weighted by Crippen LogP contribution is 2.38. The molecule has 1 aliphatic carbocycles. The van der Waals surface area contributed by atoms with Crippen molar-refractivity contribution in [3.63, 3.8) is 0 Å². The van der Waals surface area contributed by atoms with Gasteiger partial charge in [-0.05, 0) is 12.8 Å². The molecule has 1 aromatic heterocycles. The Labute approximate surface area is 101 Å². The van der Waals surface area contributed by atoms with Gasteiger partial charge >= 0.3 is 0 Å². The van der Waals surface area contributed by atoms with E-state index in [-0.39, 0.29) is 0 Å². The number of anilines is 1. The van der Waals surface area contributed by atoms with E-state index >= 15 is 0 Å². The summed E-state index contributed by atoms with van der Waals surface area (Å²) in [5.74, 6) is 2.28. The topological polar surface area (TPSA) is 38.2 Å². The quantitative estimate of drug-likeness (QED) is 0.740. The zero-order valence-electron chi connectivity index (χ0n) is 9.61. The van der Waals surface area contributed by atoms with Gasteiger partial charge in [0, 0.05) is 32.7 Å². The minimum atomic E-state index is 0.522. The average molecular weight is 242 g/mol. The molecule has 4 nitrogen and oxygen atoms in total. The number of likely N-dealkylation sites (N-methyl/N-ethyl adjacent to an activating group) is 1. The Morgan fingerprint density at radius 3 is 2.88 bits per heavy atom. The Kier molecular flexibility index (Phi) is 3.61. The lowest BCUT2D eigenvalue weighted by Crippen LogP contribution is -2.23. The molecule has 2 rings (SSSR count). The molecular formula is C11H16ClN3O. The Morgan fingerprint density at radius 2 is 2.25 bits per heavy atom. The summed E-state index contributed by atoms with van der Waals surface area (Å²) < 4.78 is 5.04. The third-order valence-electron chi connectivity index (χ3n) is 2.66. The van der Waals surface area contributed by atoms with Gasteiger partial charge in [-0.25, -0.2) is 9.97 Å². The van der Waals surface area contributed by atoms with Crippen molar-refractivity contribution in [3.8, 4) is 0 Å². The minimum Gasteiger partial charge on any atom is -0.383 e. The van der Waals surface area contributed by atoms with E-state index < -0.39 is 0 Å². The van der Waals surface area contributed by atoms with Crippen LogP contribution in [-0.4, -0.2) is 37.3 Å². The Balaban J connectivity index is 2.12. The summed E-state index contributed by atoms with van der Waals surface area (Å²) in [4.78, 5) is 10.8. The summed E-state index contributed by atoms with van der Waals surface area (Å²) in [6.45, 7) is 1.48. The maximum absolute atomic E-state index is 5.99. The monoisotopic (exact) mass is 241 g/mol. The molecule has 88 valence electrons. The predicted octanol–water partition coefficient (Wildman–Crippen LogP) is 2.09. The van der Waals surface area contributed by atoms with Crippen LogP contribution in [0.2, 0.25) is 5.15 Å². The van der Waals surface area contributed by atoms with Crippen molar-refractivity contribution < 1.29 is 4.74 Å². The van der Waals surface area contributed by atoms with Crippen LogP contribution in [0.15, 0.2) is 6.07 Å². The third-order valence-corrected chi connectivity index (χ3v) is 2.86. The first kappa shape index (κ1) is 11.6. The summed E-state index contributed by atoms with van der Waals surface area (Å²) >= 11 is 5.99. The van der Waals surface area contributed by atoms with Crippen LogP contribution in [-0.2, 0) is 4.74 Å². The second-order valence-electron chi connectivity index (χ2n) is 4.10. The van der Waals surface area contributed by atoms with Crippen LogP contribution in [0.25, 0.3) is 0 Å². The summed E-state index contributed by atoms with van der Waals surface area (Å²) in [6, 6.07) is 1.79. The number of ether oxygens (including phenoxy) is 1. The number of hydrogen-bond donors (Lipinski definition) is 0. The molecule has 16 heavy (non-hydrogen) atoms. The van der Waals surface area contributed by atoms with Gasteiger partial charge in [0.2, 0.25) is 0 Å². The van der Waals surface area contributed by atoms with Crippen molar-refractivity contribution in [1.82, 2.24) is 9.97 Å². The highest BCUT2D eigenvalue weighted by Gasteiger charge is 2.27. The molecule has 0 aromatic carbocycles. The normalized spacial score (nSPS) is 15.2. The molecule has 0 radical (unpaired) electrons. The van der Waals surface area contributed by atoms with Crippen molar-refractivity contribution >= 4 is 17.4 Å². The van der Waals surface area contributed by atoms with E-state index in [1.165, 1.54) is 12.8 Å². The van der Waals surface area contributed by atoms with E-state index in [9.17, 15) is 0 Å². The van der Waals surface area contributed by atoms with Crippen molar-refractivity contribution in [1.29, 1.82) is 0 Å². The summed E-state index contributed by atoms with van der Waals surface area (Å²) in [5.41, 5.74) is 0. The van der Waals surface area contributed by atoms with Gasteiger partial charge in [-0.15, -0.1) is 0 Å². The number of rotatable bonds is 5. The number of nitrogens with zero attached hydrogens (tertiary/aromatic N) is 3. The fraction of sp³-hybridized carbons (Fsp3) is 0.636. The van der Waals surface area contributed by atoms with Crippen LogP contribution >= 0.6 is 11.6 Å². The second-order valence-corrected chi connectivity index (χ2v) is 4.48. The first-order chi connectivity index (χ1) is 7.70. The average Bonchev–Trinajstić information content (AvgIpc) is 3.08. The Bertz CT molecular complexity index is 368. The first-order valence-corrected chi connectivity index (χ1v) is 5.83. The van der Waals surface area contributed by atoms with Gasteiger partial charge in [0.05, 0.1) is 6.61 Å². The standard InChI is InChI=1S/C11H16ClN3O/c1-15(5-6-16-2)10-7-9(12)13-11(14-10)8-3-4-8/h7-8H,3-6H2,1-2H3. The van der Waals surface area contributed by atoms with Gasteiger partial charge in [-0.3, -0.25) is 0 Å². The van der Waals surface area contributed by atoms with Crippen LogP contribution in [0.3, 0.4) is 0 Å². The van der Waals surface area contributed by atoms with Crippen LogP contribution in [0.5, 0.6) is 0 Å². The van der Waals surface area contributed by atoms with Gasteiger partial charge in [0.1, 0.15) is 16.8 Å². The number of halogens is 1. The summed E-state index contributed by atoms with van der Waals surface area (Å²) in [6.07, 6.45) is 2.36. The molecule has 0 spiro atoms. The highest BCUT2D eigenvalue weighted by molar-refractivity contribution is 6.29. The lowest BCUT2D eigenvalue weighted by Gasteiger charge is -2.18. The van der Waals surface area contributed by atoms with Gasteiger partial charge in [0.25, 0.3) is 0 Å². The van der Waals surface area contributed by atoms with Crippen LogP contribution < -0.4 is 4.90 Å². The van der Waals surface area contributed by atoms with E-state index in [1.807, 2.05) is 11.9 Å². The fourth-order valence-corrected chi connectivity index (χ4v) is 1.67. The molecule has 0 amide bonds. The van der Waals surface area contributed by atoms with E-state index in [4.69, 9.17) is 16.3 Å². The van der Waals surface area contributed by atoms with Crippen LogP contribution in [0.4, 0.5) is 5.82 Å². The lowest BCUT2D eigenvalue weighted by molar-refractivity contribution is 0.206. The number of methoxy groups -OCH3 is 1. The van der Waals surface area contributed by atoms with E-state index in [0.29, 0.717) is 17.7 Å². The maximum atomic E-state index is 5.99. The smallest absolute Gasteiger partial charge is 0.135 e. The number of hydrogen-bond acceptors (Lipinski definition) is 4. The minimum absolute atomic E-state index is 0.522. The Hall–Kier alpha value is -0.870. The zero-order valence-corrected chi connectivity index (χ0v) is 10.4. The largest absolute Gasteiger partial charge is 0.383 e. The van der Waals surface area contributed by atoms with E-state index in [2.05, 4.69) is 9.97 Å². The van der Waals surface area contributed by atoms with Crippen molar-refractivity contribution in [2.75, 3.05) is 32.2 Å². The van der Waals surface area contributed by atoms with Crippen molar-refractivity contribution in [2.45, 2.75) is 18.8 Å². The highest BCUT2D eigenvalue weighted by atomic mass is 35.5. The zero-order chi connectivity index (χ0) is 11.5. The lowest BCUT2D eigenvalue weighted by atomic mass is 10.4. The first-order valence-electron chi connectivity index (χ1n) is 5.45. The molecule has 5 heteroatoms. The molecule has 1 fully saturated rings. The SMILES string of the molecule is COCCN(C)c1cc(Cl)nc(C2CC2)n1. The molecule has 0 N–H and O–H groups in total. The molecular weight excluding hydrogens is 226 g/mol. The molecule has 0 unspecified atom stereocenters. The van der Waals surface area contributed by atoms with E-state index in [1.54, 1.807) is 13.2 Å². The van der Waals surface area contributed by atoms with Crippen LogP contribution in [0, 0.1) is 0 Å². The van der Waals surface area contributed by atoms with Crippen molar-refractivity contribution in [3.05, 3.63) is 17.0 Å². The molecule has 0 aliphatic heterocycles. The van der Waals surface area contributed by atoms with Gasteiger partial charge in [-0.1, -0.05) is 11.6 Å². The Morgan fingerprint density at radius 1 is 1.50 bits per heavy atom. The molecule has 1 saturated carbocycles. The van der Waals surface area contributed by atoms with E-state index in [0.717, 1.165) is 18.2 Å². The molecule has 0 atom stereocenters. The van der Waals surface area contributed by atoms with Crippen LogP contribution in [0.1, 0.15) is 24.6 Å². The van der Waals surface area contributed by atoms with Gasteiger partial charge in [-0.2, -0.15) is 0 Å². The molecule has 0 saturated heterocycles. The fourth-order valence-electron chi connectivity index (χ4n) is 1.49. The predicted molar refractivity (Wildman–Crippen MR) is 64.2 cm³/mol. The van der Waals surface area contributed by atoms with Gasteiger partial charge in [0.15, 0.2) is 0 Å². The molecule has 0 bridgehead atoms. The van der Waals surface area contributed by atoms with Crippen molar-refractivity contribution in [2.24, 2.45) is 0 Å². The summed E-state index contributed by atoms with van der Waals surface area (Å²) in [7, 11) is 3.67. The maximum Gasteiger partial charge on any atom is 0.135 e. The molecule has 1 aromatic rings. The molecule has 1 aliphatic rings. The number of aromatic nitrogens is 2. The van der Waals surface area contributed by atoms with Gasteiger partial charge < -0.3 is 9.64 Å². The molecule has 1 heterocycles. The third kappa shape index (κ3) is 2.83. The second kappa shape index (κ2) is 4.97. The summed E-state index contributed by atoms with van der Waals surface area (Å²) in [5, 5.41) is 0.524.